The van der Waals surface area contributed by atoms with Crippen molar-refractivity contribution in [3.63, 3.8) is 0 Å². The molecule has 0 saturated carbocycles. The van der Waals surface area contributed by atoms with Gasteiger partial charge in [-0.05, 0) is 89.3 Å². The van der Waals surface area contributed by atoms with E-state index in [1.807, 2.05) is 0 Å². The Morgan fingerprint density at radius 3 is 2.16 bits per heavy atom. The van der Waals surface area contributed by atoms with E-state index >= 15 is 0 Å². The minimum Gasteiger partial charge on any atom is -0.460 e. The summed E-state index contributed by atoms with van der Waals surface area (Å²) in [6, 6.07) is 47.6. The van der Waals surface area contributed by atoms with Gasteiger partial charge in [-0.1, -0.05) is 153 Å². The average molecular weight is 834 g/mol. The summed E-state index contributed by atoms with van der Waals surface area (Å²) in [6.45, 7) is 2.38. The Bertz CT molecular complexity index is 3000. The fourth-order valence-corrected chi connectivity index (χ4v) is 11.1. The fourth-order valence-electron chi connectivity index (χ4n) is 11.1. The number of para-hydroxylation sites is 1. The minimum atomic E-state index is -0.528. The van der Waals surface area contributed by atoms with E-state index in [0.29, 0.717) is 17.8 Å². The maximum atomic E-state index is 6.68. The van der Waals surface area contributed by atoms with Crippen molar-refractivity contribution in [3.8, 4) is 11.1 Å². The van der Waals surface area contributed by atoms with Crippen LogP contribution in [0.4, 0.5) is 0 Å². The van der Waals surface area contributed by atoms with Gasteiger partial charge in [0, 0.05) is 64.9 Å². The molecule has 0 amide bonds. The first-order valence-electron chi connectivity index (χ1n) is 23.0. The molecule has 6 heteroatoms. The zero-order valence-electron chi connectivity index (χ0n) is 36.4. The summed E-state index contributed by atoms with van der Waals surface area (Å²) in [7, 11) is 2.25. The summed E-state index contributed by atoms with van der Waals surface area (Å²) in [4.78, 5) is 16.2. The van der Waals surface area contributed by atoms with Crippen LogP contribution in [-0.4, -0.2) is 40.9 Å². The SMILES string of the molecule is CC1CC=CC(c2cc(C3=CN(C)C(N4C5=CC=CCC5C5=C4c4c(oc6ccccc46)CC5)C(C4N=C(c5ccccc5)NC(c5ccccc5)=N4)=C3)ccc2-c2ccccc2)C1. The minimum absolute atomic E-state index is 0.231. The molecule has 4 unspecified atom stereocenters. The van der Waals surface area contributed by atoms with Crippen molar-refractivity contribution in [1.29, 1.82) is 0 Å². The van der Waals surface area contributed by atoms with E-state index < -0.39 is 6.17 Å². The van der Waals surface area contributed by atoms with Gasteiger partial charge in [-0.3, -0.25) is 0 Å². The van der Waals surface area contributed by atoms with Crippen LogP contribution in [0.25, 0.3) is 33.4 Å². The Morgan fingerprint density at radius 2 is 1.42 bits per heavy atom. The van der Waals surface area contributed by atoms with Crippen LogP contribution in [0.15, 0.2) is 207 Å². The molecule has 6 aliphatic rings. The first-order chi connectivity index (χ1) is 31.6. The van der Waals surface area contributed by atoms with Gasteiger partial charge in [-0.2, -0.15) is 0 Å². The Balaban J connectivity index is 1.07. The number of aliphatic imine (C=N–C) groups is 2. The van der Waals surface area contributed by atoms with Gasteiger partial charge in [-0.15, -0.1) is 0 Å². The van der Waals surface area contributed by atoms with Crippen LogP contribution >= 0.6 is 0 Å². The molecule has 3 aliphatic carbocycles. The lowest BCUT2D eigenvalue weighted by atomic mass is 9.79. The Labute approximate surface area is 375 Å². The topological polar surface area (TPSA) is 56.4 Å². The average Bonchev–Trinajstić information content (AvgIpc) is 3.90. The highest BCUT2D eigenvalue weighted by Gasteiger charge is 2.47. The van der Waals surface area contributed by atoms with Crippen molar-refractivity contribution in [3.05, 3.63) is 227 Å². The molecule has 5 aromatic carbocycles. The molecule has 3 aliphatic heterocycles. The van der Waals surface area contributed by atoms with Gasteiger partial charge in [0.15, 0.2) is 6.17 Å². The van der Waals surface area contributed by atoms with E-state index in [0.717, 1.165) is 77.4 Å². The third-order valence-corrected chi connectivity index (χ3v) is 14.1. The monoisotopic (exact) mass is 833 g/mol. The molecule has 6 nitrogen and oxygen atoms in total. The quantitative estimate of drug-likeness (QED) is 0.163. The molecule has 12 rings (SSSR count). The van der Waals surface area contributed by atoms with Crippen molar-refractivity contribution < 1.29 is 4.42 Å². The summed E-state index contributed by atoms with van der Waals surface area (Å²) in [5.74, 6) is 3.95. The van der Waals surface area contributed by atoms with Crippen LogP contribution in [0.3, 0.4) is 0 Å². The molecule has 0 bridgehead atoms. The number of hydrogen-bond donors (Lipinski definition) is 1. The van der Waals surface area contributed by atoms with Crippen LogP contribution < -0.4 is 5.32 Å². The number of fused-ring (bicyclic) bond motifs is 6. The molecule has 4 heterocycles. The number of benzene rings is 5. The zero-order valence-corrected chi connectivity index (χ0v) is 36.4. The lowest BCUT2D eigenvalue weighted by molar-refractivity contribution is 0.208. The highest BCUT2D eigenvalue weighted by atomic mass is 16.3. The van der Waals surface area contributed by atoms with Crippen molar-refractivity contribution in [1.82, 2.24) is 15.1 Å². The Kier molecular flexibility index (Phi) is 9.54. The van der Waals surface area contributed by atoms with E-state index in [-0.39, 0.29) is 6.17 Å². The molecule has 0 fully saturated rings. The van der Waals surface area contributed by atoms with Crippen LogP contribution in [0, 0.1) is 11.8 Å². The van der Waals surface area contributed by atoms with Gasteiger partial charge in [0.05, 0.1) is 5.70 Å². The molecular weight excluding hydrogens is 783 g/mol. The van der Waals surface area contributed by atoms with Crippen molar-refractivity contribution in [2.75, 3.05) is 7.05 Å². The van der Waals surface area contributed by atoms with Gasteiger partial charge >= 0.3 is 0 Å². The zero-order chi connectivity index (χ0) is 42.7. The second-order valence-corrected chi connectivity index (χ2v) is 18.2. The molecule has 1 N–H and O–H groups in total. The number of allylic oxidation sites excluding steroid dienone is 8. The smallest absolute Gasteiger partial charge is 0.169 e. The molecule has 314 valence electrons. The first kappa shape index (κ1) is 38.5. The predicted octanol–water partition coefficient (Wildman–Crippen LogP) is 12.7. The normalized spacial score (nSPS) is 22.8. The van der Waals surface area contributed by atoms with Crippen LogP contribution in [0.1, 0.15) is 72.1 Å². The maximum absolute atomic E-state index is 6.68. The summed E-state index contributed by atoms with van der Waals surface area (Å²) >= 11 is 0. The maximum Gasteiger partial charge on any atom is 0.169 e. The highest BCUT2D eigenvalue weighted by Crippen LogP contribution is 2.55. The number of rotatable bonds is 7. The molecule has 64 heavy (non-hydrogen) atoms. The standard InChI is InChI=1S/C58H51N5O/c1-37-17-16-24-42(33-37)48-34-41(29-30-44(48)38-18-6-3-7-19-38)43-35-49(57-60-55(39-20-8-4-9-21-39)59-56(61-57)40-22-10-5-11-23-40)58(62(2)36-43)63-50-27-14-12-25-45(50)46-31-32-52-53(54(46)63)47-26-13-15-28-51(47)64-52/h3-16,18-24,26-30,34-37,42,45,57-58H,17,25,31-33H2,1-2H3,(H,59,60,61). The van der Waals surface area contributed by atoms with E-state index in [1.165, 1.54) is 50.2 Å². The van der Waals surface area contributed by atoms with E-state index in [2.05, 4.69) is 205 Å². The second kappa shape index (κ2) is 15.9. The summed E-state index contributed by atoms with van der Waals surface area (Å²) < 4.78 is 6.68. The number of aryl methyl sites for hydroxylation is 1. The number of nitrogens with one attached hydrogen (secondary N) is 1. The van der Waals surface area contributed by atoms with Crippen LogP contribution in [-0.2, 0) is 6.42 Å². The van der Waals surface area contributed by atoms with Gasteiger partial charge in [-0.25, -0.2) is 9.98 Å². The van der Waals surface area contributed by atoms with Crippen LogP contribution in [0.5, 0.6) is 0 Å². The second-order valence-electron chi connectivity index (χ2n) is 18.2. The van der Waals surface area contributed by atoms with Crippen molar-refractivity contribution >= 4 is 33.9 Å². The van der Waals surface area contributed by atoms with E-state index in [4.69, 9.17) is 14.4 Å². The number of nitrogens with zero attached hydrogens (tertiary/aromatic N) is 4. The van der Waals surface area contributed by atoms with Gasteiger partial charge in [0.25, 0.3) is 0 Å². The lowest BCUT2D eigenvalue weighted by Crippen LogP contribution is -2.48. The Morgan fingerprint density at radius 1 is 0.719 bits per heavy atom. The van der Waals surface area contributed by atoms with E-state index in [1.54, 1.807) is 0 Å². The van der Waals surface area contributed by atoms with Gasteiger partial charge in [0.1, 0.15) is 29.2 Å². The molecule has 4 atom stereocenters. The summed E-state index contributed by atoms with van der Waals surface area (Å²) in [5.41, 5.74) is 15.7. The van der Waals surface area contributed by atoms with Gasteiger partial charge in [0.2, 0.25) is 0 Å². The molecule has 1 aromatic heterocycles. The third kappa shape index (κ3) is 6.62. The first-order valence-corrected chi connectivity index (χ1v) is 23.0. The fraction of sp³-hybridized carbons (Fsp3) is 0.207. The summed E-state index contributed by atoms with van der Waals surface area (Å²) in [6.07, 6.45) is 20.9. The number of likely N-dealkylation sites (N-methyl/N-ethyl adjacent to an activating group) is 1. The number of amidine groups is 2. The van der Waals surface area contributed by atoms with Crippen molar-refractivity contribution in [2.24, 2.45) is 21.8 Å². The molecule has 0 radical (unpaired) electrons. The lowest BCUT2D eigenvalue weighted by Gasteiger charge is -2.44. The third-order valence-electron chi connectivity index (χ3n) is 14.1. The summed E-state index contributed by atoms with van der Waals surface area (Å²) in [5, 5.41) is 4.84. The van der Waals surface area contributed by atoms with Crippen LogP contribution in [0.2, 0.25) is 0 Å². The highest BCUT2D eigenvalue weighted by molar-refractivity contribution is 6.16. The number of furan rings is 1. The molecule has 6 aromatic rings. The van der Waals surface area contributed by atoms with Crippen molar-refractivity contribution in [2.45, 2.75) is 57.3 Å². The number of hydrogen-bond acceptors (Lipinski definition) is 6. The van der Waals surface area contributed by atoms with Gasteiger partial charge < -0.3 is 19.5 Å². The Hall–Kier alpha value is -7.18. The largest absolute Gasteiger partial charge is 0.460 e. The van der Waals surface area contributed by atoms with E-state index in [9.17, 15) is 0 Å². The predicted molar refractivity (Wildman–Crippen MR) is 261 cm³/mol. The molecule has 0 spiro atoms. The molecular formula is C58H51N5O. The molecule has 0 saturated heterocycles.